The van der Waals surface area contributed by atoms with Crippen LogP contribution in [0.3, 0.4) is 0 Å². The van der Waals surface area contributed by atoms with Crippen LogP contribution < -0.4 is 4.90 Å². The van der Waals surface area contributed by atoms with Gasteiger partial charge in [0.1, 0.15) is 0 Å². The molecule has 78 valence electrons. The molecule has 1 rings (SSSR count). The zero-order chi connectivity index (χ0) is 10.7. The molecule has 0 spiro atoms. The van der Waals surface area contributed by atoms with Gasteiger partial charge in [0.2, 0.25) is 5.95 Å². The SMILES string of the molecule is Cc1cc(CO)nc(N(C)C(C)C)n1. The number of hydrogen-bond acceptors (Lipinski definition) is 4. The summed E-state index contributed by atoms with van der Waals surface area (Å²) in [7, 11) is 1.95. The van der Waals surface area contributed by atoms with Crippen LogP contribution in [0.4, 0.5) is 5.95 Å². The quantitative estimate of drug-likeness (QED) is 0.785. The van der Waals surface area contributed by atoms with Gasteiger partial charge in [-0.25, -0.2) is 9.97 Å². The van der Waals surface area contributed by atoms with E-state index in [-0.39, 0.29) is 6.61 Å². The molecule has 1 aromatic heterocycles. The van der Waals surface area contributed by atoms with Crippen molar-refractivity contribution < 1.29 is 5.11 Å². The number of aliphatic hydroxyl groups excluding tert-OH is 1. The van der Waals surface area contributed by atoms with Gasteiger partial charge in [-0.2, -0.15) is 0 Å². The molecule has 1 N–H and O–H groups in total. The Hall–Kier alpha value is -1.16. The lowest BCUT2D eigenvalue weighted by Gasteiger charge is -2.21. The van der Waals surface area contributed by atoms with Crippen molar-refractivity contribution in [1.29, 1.82) is 0 Å². The Morgan fingerprint density at radius 1 is 1.43 bits per heavy atom. The number of nitrogens with zero attached hydrogens (tertiary/aromatic N) is 3. The molecule has 0 radical (unpaired) electrons. The first-order chi connectivity index (χ1) is 6.54. The monoisotopic (exact) mass is 195 g/mol. The summed E-state index contributed by atoms with van der Waals surface area (Å²) in [6.45, 7) is 6.01. The Bertz CT molecular complexity index is 312. The minimum atomic E-state index is -0.0394. The van der Waals surface area contributed by atoms with E-state index in [1.165, 1.54) is 0 Å². The van der Waals surface area contributed by atoms with Gasteiger partial charge in [0.05, 0.1) is 12.3 Å². The third-order valence-corrected chi connectivity index (χ3v) is 2.15. The van der Waals surface area contributed by atoms with Crippen LogP contribution in [-0.2, 0) is 6.61 Å². The highest BCUT2D eigenvalue weighted by Crippen LogP contribution is 2.11. The lowest BCUT2D eigenvalue weighted by molar-refractivity contribution is 0.276. The minimum absolute atomic E-state index is 0.0394. The molecule has 0 aliphatic rings. The van der Waals surface area contributed by atoms with E-state index in [2.05, 4.69) is 23.8 Å². The molecule has 4 nitrogen and oxygen atoms in total. The van der Waals surface area contributed by atoms with Gasteiger partial charge < -0.3 is 10.0 Å². The molecule has 4 heteroatoms. The average Bonchev–Trinajstić information content (AvgIpc) is 2.15. The maximum Gasteiger partial charge on any atom is 0.225 e. The first-order valence-electron chi connectivity index (χ1n) is 4.73. The van der Waals surface area contributed by atoms with Crippen LogP contribution in [0.1, 0.15) is 25.2 Å². The van der Waals surface area contributed by atoms with E-state index in [9.17, 15) is 0 Å². The molecular formula is C10H17N3O. The van der Waals surface area contributed by atoms with Crippen LogP contribution in [-0.4, -0.2) is 28.2 Å². The Labute approximate surface area is 84.6 Å². The Morgan fingerprint density at radius 3 is 2.57 bits per heavy atom. The predicted molar refractivity (Wildman–Crippen MR) is 56.2 cm³/mol. The van der Waals surface area contributed by atoms with Gasteiger partial charge in [0, 0.05) is 18.8 Å². The third kappa shape index (κ3) is 2.42. The summed E-state index contributed by atoms with van der Waals surface area (Å²) in [6, 6.07) is 2.14. The highest BCUT2D eigenvalue weighted by atomic mass is 16.3. The van der Waals surface area contributed by atoms with Crippen molar-refractivity contribution in [2.45, 2.75) is 33.4 Å². The van der Waals surface area contributed by atoms with Crippen molar-refractivity contribution in [3.8, 4) is 0 Å². The second kappa shape index (κ2) is 4.37. The van der Waals surface area contributed by atoms with E-state index in [0.717, 1.165) is 5.69 Å². The highest BCUT2D eigenvalue weighted by molar-refractivity contribution is 5.31. The molecule has 0 fully saturated rings. The summed E-state index contributed by atoms with van der Waals surface area (Å²) in [5.74, 6) is 0.670. The van der Waals surface area contributed by atoms with Crippen LogP contribution in [0.15, 0.2) is 6.07 Å². The lowest BCUT2D eigenvalue weighted by Crippen LogP contribution is -2.28. The van der Waals surface area contributed by atoms with Crippen LogP contribution in [0.25, 0.3) is 0 Å². The second-order valence-electron chi connectivity index (χ2n) is 3.66. The van der Waals surface area contributed by atoms with Crippen LogP contribution >= 0.6 is 0 Å². The third-order valence-electron chi connectivity index (χ3n) is 2.15. The smallest absolute Gasteiger partial charge is 0.225 e. The van der Waals surface area contributed by atoms with E-state index in [0.29, 0.717) is 17.7 Å². The standard InChI is InChI=1S/C10H17N3O/c1-7(2)13(4)10-11-8(3)5-9(6-14)12-10/h5,7,14H,6H2,1-4H3. The van der Waals surface area contributed by atoms with E-state index >= 15 is 0 Å². The fourth-order valence-electron chi connectivity index (χ4n) is 1.09. The molecule has 1 aromatic rings. The molecule has 0 amide bonds. The largest absolute Gasteiger partial charge is 0.390 e. The number of hydrogen-bond donors (Lipinski definition) is 1. The number of anilines is 1. The molecular weight excluding hydrogens is 178 g/mol. The molecule has 0 aliphatic carbocycles. The van der Waals surface area contributed by atoms with Crippen molar-refractivity contribution >= 4 is 5.95 Å². The Balaban J connectivity index is 3.02. The van der Waals surface area contributed by atoms with E-state index in [1.807, 2.05) is 18.9 Å². The summed E-state index contributed by atoms with van der Waals surface area (Å²) in [4.78, 5) is 10.5. The van der Waals surface area contributed by atoms with Crippen molar-refractivity contribution in [1.82, 2.24) is 9.97 Å². The molecule has 0 aliphatic heterocycles. The van der Waals surface area contributed by atoms with Gasteiger partial charge in [0.25, 0.3) is 0 Å². The number of aryl methyl sites for hydroxylation is 1. The summed E-state index contributed by atoms with van der Waals surface area (Å²) in [5, 5.41) is 9.00. The molecule has 0 saturated carbocycles. The zero-order valence-corrected chi connectivity index (χ0v) is 9.15. The summed E-state index contributed by atoms with van der Waals surface area (Å²) in [6.07, 6.45) is 0. The lowest BCUT2D eigenvalue weighted by atomic mass is 10.3. The molecule has 0 aromatic carbocycles. The van der Waals surface area contributed by atoms with E-state index < -0.39 is 0 Å². The first-order valence-corrected chi connectivity index (χ1v) is 4.73. The fourth-order valence-corrected chi connectivity index (χ4v) is 1.09. The normalized spacial score (nSPS) is 10.7. The maximum atomic E-state index is 9.00. The zero-order valence-electron chi connectivity index (χ0n) is 9.15. The van der Waals surface area contributed by atoms with Crippen LogP contribution in [0, 0.1) is 6.92 Å². The van der Waals surface area contributed by atoms with Gasteiger partial charge in [-0.3, -0.25) is 0 Å². The van der Waals surface area contributed by atoms with Gasteiger partial charge in [-0.15, -0.1) is 0 Å². The number of aliphatic hydroxyl groups is 1. The fraction of sp³-hybridized carbons (Fsp3) is 0.600. The first kappa shape index (κ1) is 10.9. The minimum Gasteiger partial charge on any atom is -0.390 e. The van der Waals surface area contributed by atoms with Crippen molar-refractivity contribution in [3.05, 3.63) is 17.5 Å². The molecule has 0 saturated heterocycles. The molecule has 1 heterocycles. The average molecular weight is 195 g/mol. The Morgan fingerprint density at radius 2 is 2.07 bits per heavy atom. The van der Waals surface area contributed by atoms with Crippen molar-refractivity contribution in [2.24, 2.45) is 0 Å². The van der Waals surface area contributed by atoms with Crippen LogP contribution in [0.5, 0.6) is 0 Å². The molecule has 14 heavy (non-hydrogen) atoms. The summed E-state index contributed by atoms with van der Waals surface area (Å²) >= 11 is 0. The molecule has 0 bridgehead atoms. The van der Waals surface area contributed by atoms with Gasteiger partial charge in [0.15, 0.2) is 0 Å². The topological polar surface area (TPSA) is 49.3 Å². The maximum absolute atomic E-state index is 9.00. The van der Waals surface area contributed by atoms with Gasteiger partial charge >= 0.3 is 0 Å². The summed E-state index contributed by atoms with van der Waals surface area (Å²) < 4.78 is 0. The predicted octanol–water partition coefficient (Wildman–Crippen LogP) is 1.12. The second-order valence-corrected chi connectivity index (χ2v) is 3.66. The van der Waals surface area contributed by atoms with Gasteiger partial charge in [-0.1, -0.05) is 0 Å². The van der Waals surface area contributed by atoms with Crippen LogP contribution in [0.2, 0.25) is 0 Å². The number of rotatable bonds is 3. The Kier molecular flexibility index (Phi) is 3.41. The highest BCUT2D eigenvalue weighted by Gasteiger charge is 2.09. The van der Waals surface area contributed by atoms with Crippen molar-refractivity contribution in [3.63, 3.8) is 0 Å². The van der Waals surface area contributed by atoms with E-state index in [4.69, 9.17) is 5.11 Å². The van der Waals surface area contributed by atoms with Gasteiger partial charge in [-0.05, 0) is 26.8 Å². The van der Waals surface area contributed by atoms with E-state index in [1.54, 1.807) is 6.07 Å². The summed E-state index contributed by atoms with van der Waals surface area (Å²) in [5.41, 5.74) is 1.55. The number of aromatic nitrogens is 2. The molecule has 0 unspecified atom stereocenters. The molecule has 0 atom stereocenters. The van der Waals surface area contributed by atoms with Crippen molar-refractivity contribution in [2.75, 3.05) is 11.9 Å².